The van der Waals surface area contributed by atoms with Crippen molar-refractivity contribution >= 4 is 11.7 Å². The highest BCUT2D eigenvalue weighted by Gasteiger charge is 2.12. The van der Waals surface area contributed by atoms with E-state index in [1.54, 1.807) is 31.5 Å². The van der Waals surface area contributed by atoms with E-state index in [1.165, 1.54) is 0 Å². The zero-order valence-corrected chi connectivity index (χ0v) is 11.3. The molecule has 100 valence electrons. The zero-order valence-electron chi connectivity index (χ0n) is 11.3. The fraction of sp³-hybridized carbons (Fsp3) is 0.286. The number of esters is 1. The van der Waals surface area contributed by atoms with Crippen LogP contribution in [0, 0.1) is 13.8 Å². The van der Waals surface area contributed by atoms with Crippen LogP contribution in [-0.2, 0) is 4.74 Å². The molecule has 2 aromatic rings. The maximum atomic E-state index is 11.7. The summed E-state index contributed by atoms with van der Waals surface area (Å²) < 4.78 is 6.86. The Bertz CT molecular complexity index is 617. The van der Waals surface area contributed by atoms with Crippen LogP contribution in [-0.4, -0.2) is 22.1 Å². The normalized spacial score (nSPS) is 10.5. The molecule has 1 aromatic heterocycles. The summed E-state index contributed by atoms with van der Waals surface area (Å²) in [5.74, 6) is -0.349. The smallest absolute Gasteiger partial charge is 0.338 e. The summed E-state index contributed by atoms with van der Waals surface area (Å²) in [5, 5.41) is 0. The molecule has 0 aliphatic carbocycles. The van der Waals surface area contributed by atoms with Gasteiger partial charge in [0.25, 0.3) is 0 Å². The van der Waals surface area contributed by atoms with Crippen LogP contribution in [0.1, 0.15) is 28.7 Å². The van der Waals surface area contributed by atoms with Gasteiger partial charge in [0.05, 0.1) is 35.6 Å². The van der Waals surface area contributed by atoms with Crippen molar-refractivity contribution in [2.24, 2.45) is 0 Å². The number of ether oxygens (including phenoxy) is 1. The van der Waals surface area contributed by atoms with Gasteiger partial charge in [-0.1, -0.05) is 0 Å². The van der Waals surface area contributed by atoms with E-state index in [9.17, 15) is 4.79 Å². The molecule has 1 aromatic carbocycles. The number of aromatic nitrogens is 2. The number of rotatable bonds is 3. The lowest BCUT2D eigenvalue weighted by atomic mass is 10.1. The predicted molar refractivity (Wildman–Crippen MR) is 73.4 cm³/mol. The predicted octanol–water partition coefficient (Wildman–Crippen LogP) is 2.25. The van der Waals surface area contributed by atoms with Crippen LogP contribution in [0.3, 0.4) is 0 Å². The Morgan fingerprint density at radius 1 is 1.42 bits per heavy atom. The van der Waals surface area contributed by atoms with Crippen LogP contribution in [0.2, 0.25) is 0 Å². The minimum absolute atomic E-state index is 0.349. The van der Waals surface area contributed by atoms with Gasteiger partial charge in [0.15, 0.2) is 0 Å². The standard InChI is InChI=1S/C14H17N3O2/c1-4-19-14(18)11-5-6-12(15)13(7-11)17-8-16-9(2)10(17)3/h5-8H,4,15H2,1-3H3. The third-order valence-corrected chi connectivity index (χ3v) is 3.05. The number of benzene rings is 1. The topological polar surface area (TPSA) is 70.1 Å². The second-order valence-corrected chi connectivity index (χ2v) is 4.28. The van der Waals surface area contributed by atoms with Gasteiger partial charge in [0.1, 0.15) is 0 Å². The highest BCUT2D eigenvalue weighted by Crippen LogP contribution is 2.22. The van der Waals surface area contributed by atoms with Crippen LogP contribution >= 0.6 is 0 Å². The summed E-state index contributed by atoms with van der Waals surface area (Å²) in [6.45, 7) is 6.01. The van der Waals surface area contributed by atoms with Gasteiger partial charge in [-0.2, -0.15) is 0 Å². The number of nitrogens with zero attached hydrogens (tertiary/aromatic N) is 2. The van der Waals surface area contributed by atoms with Crippen molar-refractivity contribution in [3.8, 4) is 5.69 Å². The van der Waals surface area contributed by atoms with E-state index in [0.29, 0.717) is 17.9 Å². The van der Waals surface area contributed by atoms with Crippen LogP contribution in [0.5, 0.6) is 0 Å². The number of carbonyl (C=O) groups is 1. The molecule has 0 amide bonds. The van der Waals surface area contributed by atoms with Gasteiger partial charge in [0.2, 0.25) is 0 Å². The molecule has 0 atom stereocenters. The average Bonchev–Trinajstić information content (AvgIpc) is 2.71. The maximum Gasteiger partial charge on any atom is 0.338 e. The summed E-state index contributed by atoms with van der Waals surface area (Å²) in [7, 11) is 0. The summed E-state index contributed by atoms with van der Waals surface area (Å²) >= 11 is 0. The van der Waals surface area contributed by atoms with E-state index in [4.69, 9.17) is 10.5 Å². The van der Waals surface area contributed by atoms with E-state index in [-0.39, 0.29) is 5.97 Å². The molecule has 2 N–H and O–H groups in total. The van der Waals surface area contributed by atoms with Gasteiger partial charge >= 0.3 is 5.97 Å². The highest BCUT2D eigenvalue weighted by molar-refractivity contribution is 5.91. The molecule has 0 saturated carbocycles. The first-order valence-electron chi connectivity index (χ1n) is 6.12. The fourth-order valence-corrected chi connectivity index (χ4v) is 1.84. The molecule has 0 radical (unpaired) electrons. The second kappa shape index (κ2) is 5.14. The average molecular weight is 259 g/mol. The van der Waals surface area contributed by atoms with E-state index < -0.39 is 0 Å². The van der Waals surface area contributed by atoms with Gasteiger partial charge in [-0.3, -0.25) is 0 Å². The molecule has 0 bridgehead atoms. The minimum atomic E-state index is -0.349. The number of hydrogen-bond acceptors (Lipinski definition) is 4. The lowest BCUT2D eigenvalue weighted by molar-refractivity contribution is 0.0526. The first-order valence-corrected chi connectivity index (χ1v) is 6.12. The maximum absolute atomic E-state index is 11.7. The Kier molecular flexibility index (Phi) is 3.55. The number of aryl methyl sites for hydroxylation is 1. The highest BCUT2D eigenvalue weighted by atomic mass is 16.5. The quantitative estimate of drug-likeness (QED) is 0.678. The zero-order chi connectivity index (χ0) is 14.0. The molecule has 0 aliphatic rings. The lowest BCUT2D eigenvalue weighted by Gasteiger charge is -2.11. The largest absolute Gasteiger partial charge is 0.462 e. The first-order chi connectivity index (χ1) is 9.04. The third kappa shape index (κ3) is 2.45. The van der Waals surface area contributed by atoms with Gasteiger partial charge in [0, 0.05) is 5.69 Å². The van der Waals surface area contributed by atoms with Gasteiger partial charge in [-0.15, -0.1) is 0 Å². The number of carbonyl (C=O) groups excluding carboxylic acids is 1. The van der Waals surface area contributed by atoms with Crippen molar-refractivity contribution < 1.29 is 9.53 Å². The molecule has 0 fully saturated rings. The number of anilines is 1. The molecule has 2 rings (SSSR count). The Morgan fingerprint density at radius 3 is 2.74 bits per heavy atom. The molecule has 19 heavy (non-hydrogen) atoms. The number of hydrogen-bond donors (Lipinski definition) is 1. The van der Waals surface area contributed by atoms with Crippen molar-refractivity contribution in [2.45, 2.75) is 20.8 Å². The van der Waals surface area contributed by atoms with Gasteiger partial charge < -0.3 is 15.0 Å². The Labute approximate surface area is 112 Å². The van der Waals surface area contributed by atoms with E-state index in [2.05, 4.69) is 4.98 Å². The summed E-state index contributed by atoms with van der Waals surface area (Å²) in [5.41, 5.74) is 9.71. The Morgan fingerprint density at radius 2 is 2.16 bits per heavy atom. The fourth-order valence-electron chi connectivity index (χ4n) is 1.84. The Hall–Kier alpha value is -2.30. The van der Waals surface area contributed by atoms with Crippen LogP contribution in [0.4, 0.5) is 5.69 Å². The van der Waals surface area contributed by atoms with Crippen LogP contribution < -0.4 is 5.73 Å². The molecule has 5 heteroatoms. The molecule has 0 unspecified atom stereocenters. The molecule has 0 aliphatic heterocycles. The molecule has 1 heterocycles. The Balaban J connectivity index is 2.48. The first kappa shape index (κ1) is 13.1. The monoisotopic (exact) mass is 259 g/mol. The van der Waals surface area contributed by atoms with Gasteiger partial charge in [-0.25, -0.2) is 9.78 Å². The molecular formula is C14H17N3O2. The van der Waals surface area contributed by atoms with Crippen molar-refractivity contribution in [1.82, 2.24) is 9.55 Å². The number of nitrogens with two attached hydrogens (primary N) is 1. The second-order valence-electron chi connectivity index (χ2n) is 4.28. The molecule has 0 spiro atoms. The van der Waals surface area contributed by atoms with E-state index >= 15 is 0 Å². The summed E-state index contributed by atoms with van der Waals surface area (Å²) in [4.78, 5) is 16.0. The van der Waals surface area contributed by atoms with Crippen molar-refractivity contribution in [1.29, 1.82) is 0 Å². The molecule has 5 nitrogen and oxygen atoms in total. The third-order valence-electron chi connectivity index (χ3n) is 3.05. The lowest BCUT2D eigenvalue weighted by Crippen LogP contribution is -2.07. The number of imidazole rings is 1. The van der Waals surface area contributed by atoms with Crippen LogP contribution in [0.15, 0.2) is 24.5 Å². The molecular weight excluding hydrogens is 242 g/mol. The van der Waals surface area contributed by atoms with Crippen molar-refractivity contribution in [2.75, 3.05) is 12.3 Å². The van der Waals surface area contributed by atoms with Crippen molar-refractivity contribution in [3.63, 3.8) is 0 Å². The van der Waals surface area contributed by atoms with Gasteiger partial charge in [-0.05, 0) is 39.0 Å². The number of nitrogen functional groups attached to an aromatic ring is 1. The van der Waals surface area contributed by atoms with Crippen molar-refractivity contribution in [3.05, 3.63) is 41.5 Å². The SMILES string of the molecule is CCOC(=O)c1ccc(N)c(-n2cnc(C)c2C)c1. The minimum Gasteiger partial charge on any atom is -0.462 e. The summed E-state index contributed by atoms with van der Waals surface area (Å²) in [6, 6.07) is 5.09. The van der Waals surface area contributed by atoms with E-state index in [0.717, 1.165) is 17.1 Å². The summed E-state index contributed by atoms with van der Waals surface area (Å²) in [6.07, 6.45) is 1.70. The van der Waals surface area contributed by atoms with Crippen LogP contribution in [0.25, 0.3) is 5.69 Å². The van der Waals surface area contributed by atoms with E-state index in [1.807, 2.05) is 18.4 Å². The molecule has 0 saturated heterocycles.